The molecule has 2 rings (SSSR count). The van der Waals surface area contributed by atoms with Crippen LogP contribution in [0.3, 0.4) is 0 Å². The highest BCUT2D eigenvalue weighted by atomic mass is 32.2. The van der Waals surface area contributed by atoms with Crippen molar-refractivity contribution >= 4 is 17.4 Å². The molecule has 1 aliphatic heterocycles. The minimum atomic E-state index is 0.643. The molecule has 0 saturated carbocycles. The molecule has 0 aromatic heterocycles. The average Bonchev–Trinajstić information content (AvgIpc) is 2.44. The van der Waals surface area contributed by atoms with Crippen molar-refractivity contribution in [2.75, 3.05) is 11.1 Å². The number of unbranched alkanes of at least 4 members (excludes halogenated alkanes) is 2. The summed E-state index contributed by atoms with van der Waals surface area (Å²) in [6, 6.07) is 9.74. The first-order valence-electron chi connectivity index (χ1n) is 7.76. The lowest BCUT2D eigenvalue weighted by molar-refractivity contribution is 0.617. The highest BCUT2D eigenvalue weighted by Crippen LogP contribution is 2.27. The Morgan fingerprint density at radius 2 is 2.00 bits per heavy atom. The number of rotatable bonds is 6. The fraction of sp³-hybridized carbons (Fsp3) is 0.647. The highest BCUT2D eigenvalue weighted by molar-refractivity contribution is 8.00. The van der Waals surface area contributed by atoms with Gasteiger partial charge in [-0.25, -0.2) is 0 Å². The summed E-state index contributed by atoms with van der Waals surface area (Å²) in [5.74, 6) is 1.33. The van der Waals surface area contributed by atoms with E-state index in [1.165, 1.54) is 55.5 Å². The zero-order valence-corrected chi connectivity index (χ0v) is 13.1. The molecule has 0 bridgehead atoms. The van der Waals surface area contributed by atoms with Gasteiger partial charge in [-0.1, -0.05) is 38.8 Å². The molecule has 1 fully saturated rings. The van der Waals surface area contributed by atoms with Gasteiger partial charge in [-0.2, -0.15) is 11.8 Å². The van der Waals surface area contributed by atoms with Gasteiger partial charge in [0.15, 0.2) is 0 Å². The molecule has 2 atom stereocenters. The molecule has 1 heterocycles. The van der Waals surface area contributed by atoms with Crippen molar-refractivity contribution in [3.05, 3.63) is 29.8 Å². The Hall–Kier alpha value is -0.630. The summed E-state index contributed by atoms with van der Waals surface area (Å²) in [6.45, 7) is 4.61. The Morgan fingerprint density at radius 3 is 2.68 bits per heavy atom. The molecule has 1 aliphatic rings. The smallest absolute Gasteiger partial charge is 0.0377 e. The lowest BCUT2D eigenvalue weighted by Gasteiger charge is -2.30. The van der Waals surface area contributed by atoms with Gasteiger partial charge in [0.05, 0.1) is 0 Å². The molecule has 1 aromatic rings. The van der Waals surface area contributed by atoms with Gasteiger partial charge in [-0.3, -0.25) is 0 Å². The minimum Gasteiger partial charge on any atom is -0.381 e. The molecule has 0 aliphatic carbocycles. The normalized spacial score (nSPS) is 23.3. The van der Waals surface area contributed by atoms with E-state index in [0.717, 1.165) is 5.25 Å². The van der Waals surface area contributed by atoms with Crippen LogP contribution in [0.5, 0.6) is 0 Å². The van der Waals surface area contributed by atoms with Gasteiger partial charge < -0.3 is 5.32 Å². The number of thioether (sulfide) groups is 1. The Labute approximate surface area is 122 Å². The maximum absolute atomic E-state index is 3.70. The first-order chi connectivity index (χ1) is 9.29. The van der Waals surface area contributed by atoms with Crippen molar-refractivity contribution in [3.63, 3.8) is 0 Å². The van der Waals surface area contributed by atoms with E-state index in [0.29, 0.717) is 6.04 Å². The fourth-order valence-corrected chi connectivity index (χ4v) is 3.82. The topological polar surface area (TPSA) is 12.0 Å². The summed E-state index contributed by atoms with van der Waals surface area (Å²) in [5, 5.41) is 4.44. The van der Waals surface area contributed by atoms with Crippen molar-refractivity contribution in [2.24, 2.45) is 0 Å². The van der Waals surface area contributed by atoms with E-state index in [2.05, 4.69) is 55.2 Å². The minimum absolute atomic E-state index is 0.643. The van der Waals surface area contributed by atoms with Crippen molar-refractivity contribution in [1.29, 1.82) is 0 Å². The molecule has 1 aromatic carbocycles. The Bertz CT molecular complexity index is 360. The van der Waals surface area contributed by atoms with Crippen molar-refractivity contribution in [1.82, 2.24) is 0 Å². The third-order valence-electron chi connectivity index (χ3n) is 3.98. The molecule has 0 spiro atoms. The van der Waals surface area contributed by atoms with Crippen molar-refractivity contribution < 1.29 is 0 Å². The summed E-state index contributed by atoms with van der Waals surface area (Å²) in [4.78, 5) is 0. The lowest BCUT2D eigenvalue weighted by atomic mass is 10.1. The summed E-state index contributed by atoms with van der Waals surface area (Å²) < 4.78 is 0. The zero-order chi connectivity index (χ0) is 13.5. The van der Waals surface area contributed by atoms with Crippen LogP contribution in [-0.4, -0.2) is 17.0 Å². The van der Waals surface area contributed by atoms with E-state index in [9.17, 15) is 0 Å². The standard InChI is InChI=1S/C17H27NS/c1-3-4-5-7-15-9-11-16(12-10-15)18-17-8-6-13-19-14(17)2/h9-12,14,17-18H,3-8,13H2,1-2H3. The maximum Gasteiger partial charge on any atom is 0.0377 e. The van der Waals surface area contributed by atoms with Gasteiger partial charge in [0.25, 0.3) is 0 Å². The number of hydrogen-bond acceptors (Lipinski definition) is 2. The number of anilines is 1. The SMILES string of the molecule is CCCCCc1ccc(NC2CCCSC2C)cc1. The van der Waals surface area contributed by atoms with Crippen LogP contribution in [0.25, 0.3) is 0 Å². The third kappa shape index (κ3) is 4.76. The lowest BCUT2D eigenvalue weighted by Crippen LogP contribution is -2.32. The second-order valence-electron chi connectivity index (χ2n) is 5.62. The van der Waals surface area contributed by atoms with Crippen LogP contribution in [-0.2, 0) is 6.42 Å². The van der Waals surface area contributed by atoms with Gasteiger partial charge in [0.1, 0.15) is 0 Å². The van der Waals surface area contributed by atoms with Crippen LogP contribution >= 0.6 is 11.8 Å². The zero-order valence-electron chi connectivity index (χ0n) is 12.3. The fourth-order valence-electron chi connectivity index (χ4n) is 2.67. The van der Waals surface area contributed by atoms with E-state index >= 15 is 0 Å². The molecule has 0 amide bonds. The van der Waals surface area contributed by atoms with Crippen LogP contribution in [0, 0.1) is 0 Å². The first-order valence-corrected chi connectivity index (χ1v) is 8.81. The van der Waals surface area contributed by atoms with E-state index in [-0.39, 0.29) is 0 Å². The third-order valence-corrected chi connectivity index (χ3v) is 5.36. The molecular weight excluding hydrogens is 250 g/mol. The molecule has 1 nitrogen and oxygen atoms in total. The van der Waals surface area contributed by atoms with Gasteiger partial charge in [0.2, 0.25) is 0 Å². The Balaban J connectivity index is 1.84. The van der Waals surface area contributed by atoms with Crippen molar-refractivity contribution in [2.45, 2.75) is 63.7 Å². The molecular formula is C17H27NS. The number of benzene rings is 1. The second kappa shape index (κ2) is 7.84. The Kier molecular flexibility index (Phi) is 6.09. The number of nitrogens with one attached hydrogen (secondary N) is 1. The summed E-state index contributed by atoms with van der Waals surface area (Å²) in [5.41, 5.74) is 2.77. The maximum atomic E-state index is 3.70. The van der Waals surface area contributed by atoms with E-state index in [4.69, 9.17) is 0 Å². The molecule has 1 saturated heterocycles. The van der Waals surface area contributed by atoms with Crippen LogP contribution in [0.1, 0.15) is 51.5 Å². The average molecular weight is 277 g/mol. The summed E-state index contributed by atoms with van der Waals surface area (Å²) >= 11 is 2.10. The number of aryl methyl sites for hydroxylation is 1. The second-order valence-corrected chi connectivity index (χ2v) is 7.11. The quantitative estimate of drug-likeness (QED) is 0.725. The largest absolute Gasteiger partial charge is 0.381 e. The van der Waals surface area contributed by atoms with Gasteiger partial charge >= 0.3 is 0 Å². The van der Waals surface area contributed by atoms with Crippen molar-refractivity contribution in [3.8, 4) is 0 Å². The summed E-state index contributed by atoms with van der Waals surface area (Å²) in [7, 11) is 0. The van der Waals surface area contributed by atoms with E-state index in [1.807, 2.05) is 0 Å². The molecule has 1 N–H and O–H groups in total. The molecule has 0 radical (unpaired) electrons. The molecule has 2 heteroatoms. The monoisotopic (exact) mass is 277 g/mol. The van der Waals surface area contributed by atoms with E-state index in [1.54, 1.807) is 0 Å². The van der Waals surface area contributed by atoms with E-state index < -0.39 is 0 Å². The molecule has 19 heavy (non-hydrogen) atoms. The van der Waals surface area contributed by atoms with Crippen LogP contribution in [0.4, 0.5) is 5.69 Å². The Morgan fingerprint density at radius 1 is 1.21 bits per heavy atom. The van der Waals surface area contributed by atoms with Crippen LogP contribution in [0.15, 0.2) is 24.3 Å². The summed E-state index contributed by atoms with van der Waals surface area (Å²) in [6.07, 6.45) is 7.85. The van der Waals surface area contributed by atoms with Crippen LogP contribution < -0.4 is 5.32 Å². The predicted molar refractivity (Wildman–Crippen MR) is 88.2 cm³/mol. The van der Waals surface area contributed by atoms with Gasteiger partial charge in [-0.05, 0) is 49.1 Å². The van der Waals surface area contributed by atoms with Gasteiger partial charge in [0, 0.05) is 17.0 Å². The predicted octanol–water partition coefficient (Wildman–Crippen LogP) is 5.12. The number of hydrogen-bond donors (Lipinski definition) is 1. The molecule has 106 valence electrons. The highest BCUT2D eigenvalue weighted by Gasteiger charge is 2.21. The van der Waals surface area contributed by atoms with Gasteiger partial charge in [-0.15, -0.1) is 0 Å². The first kappa shape index (κ1) is 14.8. The van der Waals surface area contributed by atoms with Crippen LogP contribution in [0.2, 0.25) is 0 Å². The molecule has 2 unspecified atom stereocenters.